The SMILES string of the molecule is O=C(NC(Cc1ccccc1)C(=O)C(Br)Br)OCc1ccccc1. The zero-order valence-corrected chi connectivity index (χ0v) is 16.0. The molecule has 0 bridgehead atoms. The summed E-state index contributed by atoms with van der Waals surface area (Å²) in [5.74, 6) is -0.171. The molecule has 0 aromatic heterocycles. The van der Waals surface area contributed by atoms with Crippen molar-refractivity contribution < 1.29 is 14.3 Å². The van der Waals surface area contributed by atoms with Crippen LogP contribution in [0, 0.1) is 0 Å². The van der Waals surface area contributed by atoms with E-state index < -0.39 is 15.9 Å². The molecule has 0 spiro atoms. The van der Waals surface area contributed by atoms with Gasteiger partial charge in [-0.15, -0.1) is 0 Å². The number of alkyl carbamates (subject to hydrolysis) is 1. The standard InChI is InChI=1S/C18H17Br2NO3/c19-17(20)16(22)15(11-13-7-3-1-4-8-13)21-18(23)24-12-14-9-5-2-6-10-14/h1-10,15,17H,11-12H2,(H,21,23). The summed E-state index contributed by atoms with van der Waals surface area (Å²) in [4.78, 5) is 24.3. The second-order valence-corrected chi connectivity index (χ2v) is 8.21. The lowest BCUT2D eigenvalue weighted by Gasteiger charge is -2.18. The van der Waals surface area contributed by atoms with Gasteiger partial charge in [-0.05, 0) is 17.5 Å². The molecule has 0 heterocycles. The summed E-state index contributed by atoms with van der Waals surface area (Å²) in [5.41, 5.74) is 1.84. The Morgan fingerprint density at radius 3 is 2.00 bits per heavy atom. The summed E-state index contributed by atoms with van der Waals surface area (Å²) < 4.78 is 4.66. The minimum absolute atomic E-state index is 0.158. The van der Waals surface area contributed by atoms with E-state index in [9.17, 15) is 9.59 Å². The van der Waals surface area contributed by atoms with Crippen LogP contribution in [0.15, 0.2) is 60.7 Å². The van der Waals surface area contributed by atoms with Gasteiger partial charge < -0.3 is 10.1 Å². The van der Waals surface area contributed by atoms with Crippen LogP contribution in [0.1, 0.15) is 11.1 Å². The van der Waals surface area contributed by atoms with E-state index in [1.165, 1.54) is 0 Å². The summed E-state index contributed by atoms with van der Waals surface area (Å²) in [6.07, 6.45) is -0.220. The number of carbonyl (C=O) groups is 2. The molecule has 1 atom stereocenters. The molecule has 1 unspecified atom stereocenters. The molecule has 4 nitrogen and oxygen atoms in total. The Morgan fingerprint density at radius 1 is 0.917 bits per heavy atom. The van der Waals surface area contributed by atoms with E-state index in [1.54, 1.807) is 0 Å². The van der Waals surface area contributed by atoms with Gasteiger partial charge in [-0.3, -0.25) is 4.79 Å². The fourth-order valence-electron chi connectivity index (χ4n) is 2.13. The summed E-state index contributed by atoms with van der Waals surface area (Å²) >= 11 is 6.39. The number of halogens is 2. The minimum atomic E-state index is -0.681. The molecule has 0 fully saturated rings. The number of hydrogen-bond donors (Lipinski definition) is 1. The van der Waals surface area contributed by atoms with Gasteiger partial charge in [0.15, 0.2) is 5.78 Å². The highest BCUT2D eigenvalue weighted by Gasteiger charge is 2.25. The number of alkyl halides is 2. The Hall–Kier alpha value is -1.66. The van der Waals surface area contributed by atoms with Gasteiger partial charge >= 0.3 is 6.09 Å². The lowest BCUT2D eigenvalue weighted by atomic mass is 10.0. The molecular formula is C18H17Br2NO3. The third kappa shape index (κ3) is 6.09. The molecule has 1 N–H and O–H groups in total. The van der Waals surface area contributed by atoms with Gasteiger partial charge in [0, 0.05) is 0 Å². The van der Waals surface area contributed by atoms with Crippen molar-refractivity contribution in [1.29, 1.82) is 0 Å². The van der Waals surface area contributed by atoms with Crippen LogP contribution < -0.4 is 5.32 Å². The molecule has 0 saturated carbocycles. The van der Waals surface area contributed by atoms with Crippen LogP contribution in [0.3, 0.4) is 0 Å². The molecular weight excluding hydrogens is 438 g/mol. The predicted molar refractivity (Wildman–Crippen MR) is 100 cm³/mol. The van der Waals surface area contributed by atoms with E-state index in [0.717, 1.165) is 11.1 Å². The fourth-order valence-corrected chi connectivity index (χ4v) is 2.77. The molecule has 2 aromatic rings. The van der Waals surface area contributed by atoms with Crippen LogP contribution in [0.5, 0.6) is 0 Å². The van der Waals surface area contributed by atoms with Crippen LogP contribution in [0.25, 0.3) is 0 Å². The first-order chi connectivity index (χ1) is 11.6. The summed E-state index contributed by atoms with van der Waals surface area (Å²) in [6, 6.07) is 18.2. The van der Waals surface area contributed by atoms with E-state index in [0.29, 0.717) is 6.42 Å². The lowest BCUT2D eigenvalue weighted by Crippen LogP contribution is -2.44. The van der Waals surface area contributed by atoms with E-state index >= 15 is 0 Å². The van der Waals surface area contributed by atoms with Crippen LogP contribution in [-0.4, -0.2) is 21.7 Å². The molecule has 6 heteroatoms. The topological polar surface area (TPSA) is 55.4 Å². The van der Waals surface area contributed by atoms with E-state index in [2.05, 4.69) is 37.2 Å². The first-order valence-corrected chi connectivity index (χ1v) is 9.22. The van der Waals surface area contributed by atoms with Crippen molar-refractivity contribution >= 4 is 43.7 Å². The first kappa shape index (κ1) is 18.7. The van der Waals surface area contributed by atoms with Gasteiger partial charge in [0.25, 0.3) is 0 Å². The van der Waals surface area contributed by atoms with Crippen molar-refractivity contribution in [2.75, 3.05) is 0 Å². The average molecular weight is 455 g/mol. The van der Waals surface area contributed by atoms with Gasteiger partial charge in [0.1, 0.15) is 10.3 Å². The van der Waals surface area contributed by atoms with Gasteiger partial charge in [-0.2, -0.15) is 0 Å². The maximum Gasteiger partial charge on any atom is 0.408 e. The van der Waals surface area contributed by atoms with Gasteiger partial charge in [0.2, 0.25) is 0 Å². The molecule has 0 aliphatic carbocycles. The predicted octanol–water partition coefficient (Wildman–Crippen LogP) is 4.21. The number of amides is 1. The number of carbonyl (C=O) groups excluding carboxylic acids is 2. The highest BCUT2D eigenvalue weighted by atomic mass is 79.9. The largest absolute Gasteiger partial charge is 0.445 e. The number of benzene rings is 2. The Labute approximate surface area is 157 Å². The zero-order chi connectivity index (χ0) is 17.4. The van der Waals surface area contributed by atoms with Gasteiger partial charge in [-0.1, -0.05) is 92.5 Å². The van der Waals surface area contributed by atoms with Crippen molar-refractivity contribution in [2.24, 2.45) is 0 Å². The van der Waals surface area contributed by atoms with Crippen molar-refractivity contribution in [1.82, 2.24) is 5.32 Å². The Kier molecular flexibility index (Phi) is 7.46. The van der Waals surface area contributed by atoms with Crippen molar-refractivity contribution in [3.8, 4) is 0 Å². The van der Waals surface area contributed by atoms with Crippen molar-refractivity contribution in [2.45, 2.75) is 22.8 Å². The average Bonchev–Trinajstić information content (AvgIpc) is 2.60. The number of hydrogen-bond acceptors (Lipinski definition) is 3. The highest BCUT2D eigenvalue weighted by Crippen LogP contribution is 2.15. The first-order valence-electron chi connectivity index (χ1n) is 7.39. The van der Waals surface area contributed by atoms with Crippen LogP contribution in [0.2, 0.25) is 0 Å². The Morgan fingerprint density at radius 2 is 1.46 bits per heavy atom. The molecule has 126 valence electrons. The third-order valence-electron chi connectivity index (χ3n) is 3.35. The number of ether oxygens (including phenoxy) is 1. The molecule has 2 rings (SSSR count). The van der Waals surface area contributed by atoms with Crippen LogP contribution in [-0.2, 0) is 22.6 Å². The minimum Gasteiger partial charge on any atom is -0.445 e. The van der Waals surface area contributed by atoms with E-state index in [1.807, 2.05) is 60.7 Å². The molecule has 0 radical (unpaired) electrons. The summed E-state index contributed by atoms with van der Waals surface area (Å²) in [7, 11) is 0. The quantitative estimate of drug-likeness (QED) is 0.637. The number of nitrogens with one attached hydrogen (secondary N) is 1. The van der Waals surface area contributed by atoms with Gasteiger partial charge in [-0.25, -0.2) is 4.79 Å². The molecule has 0 aliphatic heterocycles. The third-order valence-corrected chi connectivity index (χ3v) is 4.25. The van der Waals surface area contributed by atoms with E-state index in [4.69, 9.17) is 4.74 Å². The second kappa shape index (κ2) is 9.59. The van der Waals surface area contributed by atoms with Crippen LogP contribution in [0.4, 0.5) is 4.79 Å². The Balaban J connectivity index is 1.96. The normalized spacial score (nSPS) is 11.8. The second-order valence-electron chi connectivity index (χ2n) is 5.15. The van der Waals surface area contributed by atoms with Gasteiger partial charge in [0.05, 0.1) is 6.04 Å². The molecule has 2 aromatic carbocycles. The molecule has 0 aliphatic rings. The molecule has 0 saturated heterocycles. The molecule has 24 heavy (non-hydrogen) atoms. The maximum absolute atomic E-state index is 12.3. The van der Waals surface area contributed by atoms with Crippen molar-refractivity contribution in [3.63, 3.8) is 0 Å². The molecule has 1 amide bonds. The van der Waals surface area contributed by atoms with Crippen LogP contribution >= 0.6 is 31.9 Å². The Bertz CT molecular complexity index is 662. The number of ketones is 1. The summed E-state index contributed by atoms with van der Waals surface area (Å²) in [5, 5.41) is 2.65. The van der Waals surface area contributed by atoms with Crippen molar-refractivity contribution in [3.05, 3.63) is 71.8 Å². The highest BCUT2D eigenvalue weighted by molar-refractivity contribution is 9.25. The zero-order valence-electron chi connectivity index (χ0n) is 12.8. The lowest BCUT2D eigenvalue weighted by molar-refractivity contribution is -0.118. The maximum atomic E-state index is 12.3. The fraction of sp³-hybridized carbons (Fsp3) is 0.222. The monoisotopic (exact) mass is 453 g/mol. The van der Waals surface area contributed by atoms with E-state index in [-0.39, 0.29) is 12.4 Å². The number of rotatable bonds is 7. The summed E-state index contributed by atoms with van der Waals surface area (Å²) in [6.45, 7) is 0.158. The number of Topliss-reactive ketones (excluding diaryl/α,β-unsaturated/α-hetero) is 1. The smallest absolute Gasteiger partial charge is 0.408 e.